The molecule has 5 heterocycles. The minimum absolute atomic E-state index is 0.0547. The molecule has 0 bridgehead atoms. The van der Waals surface area contributed by atoms with Gasteiger partial charge >= 0.3 is 0 Å². The van der Waals surface area contributed by atoms with Crippen LogP contribution in [0.5, 0.6) is 5.75 Å². The molecule has 0 N–H and O–H groups in total. The number of halogens is 1. The second-order valence-electron chi connectivity index (χ2n) is 10.5. The van der Waals surface area contributed by atoms with E-state index in [1.54, 1.807) is 6.07 Å². The van der Waals surface area contributed by atoms with Gasteiger partial charge in [-0.15, -0.1) is 11.3 Å². The Balaban J connectivity index is 1.21. The molecule has 2 aromatic rings. The molecular weight excluding hydrogens is 552 g/mol. The summed E-state index contributed by atoms with van der Waals surface area (Å²) in [5, 5.41) is 1.19. The summed E-state index contributed by atoms with van der Waals surface area (Å²) in [5.41, 5.74) is 3.08. The molecule has 2 amide bonds. The van der Waals surface area contributed by atoms with Gasteiger partial charge in [0.15, 0.2) is 0 Å². The molecule has 4 aliphatic heterocycles. The Bertz CT molecular complexity index is 1370. The van der Waals surface area contributed by atoms with E-state index >= 15 is 0 Å². The number of hydrogen-bond donors (Lipinski definition) is 0. The molecule has 1 aromatic carbocycles. The number of carbonyl (C=O) groups excluding carboxylic acids is 2. The molecule has 2 fully saturated rings. The number of benzene rings is 1. The zero-order valence-corrected chi connectivity index (χ0v) is 24.3. The minimum atomic E-state index is -0.553. The van der Waals surface area contributed by atoms with E-state index < -0.39 is 5.92 Å². The number of anilines is 1. The van der Waals surface area contributed by atoms with Gasteiger partial charge < -0.3 is 24.0 Å². The Labute approximate surface area is 242 Å². The largest absolute Gasteiger partial charge is 0.492 e. The third kappa shape index (κ3) is 5.42. The smallest absolute Gasteiger partial charge is 0.260 e. The van der Waals surface area contributed by atoms with Crippen molar-refractivity contribution in [1.29, 1.82) is 0 Å². The molecule has 0 saturated carbocycles. The lowest BCUT2D eigenvalue weighted by atomic mass is 10.0. The van der Waals surface area contributed by atoms with Crippen molar-refractivity contribution in [2.75, 3.05) is 44.4 Å². The highest BCUT2D eigenvalue weighted by atomic mass is 35.5. The average molecular weight is 585 g/mol. The number of hydrogen-bond acceptors (Lipinski definition) is 8. The maximum absolute atomic E-state index is 13.3. The topological polar surface area (TPSA) is 93.6 Å². The normalized spacial score (nSPS) is 24.7. The number of morpholine rings is 1. The fourth-order valence-electron chi connectivity index (χ4n) is 5.64. The summed E-state index contributed by atoms with van der Waals surface area (Å²) in [6, 6.07) is 3.77. The second kappa shape index (κ2) is 11.6. The van der Waals surface area contributed by atoms with Gasteiger partial charge in [-0.05, 0) is 38.8 Å². The number of dihydropyridines is 1. The number of allylic oxidation sites excluding steroid dienone is 1. The fraction of sp³-hybridized carbons (Fsp3) is 0.517. The number of amides is 2. The molecule has 9 nitrogen and oxygen atoms in total. The summed E-state index contributed by atoms with van der Waals surface area (Å²) < 4.78 is 17.2. The van der Waals surface area contributed by atoms with Crippen molar-refractivity contribution in [3.63, 3.8) is 0 Å². The molecule has 212 valence electrons. The van der Waals surface area contributed by atoms with Gasteiger partial charge in [0.25, 0.3) is 11.8 Å². The Morgan fingerprint density at radius 1 is 1.25 bits per heavy atom. The van der Waals surface area contributed by atoms with E-state index in [0.29, 0.717) is 66.4 Å². The molecule has 3 atom stereocenters. The number of fused-ring (bicyclic) bond motifs is 1. The van der Waals surface area contributed by atoms with Crippen LogP contribution in [0.3, 0.4) is 0 Å². The number of thiazole rings is 1. The number of rotatable bonds is 6. The monoisotopic (exact) mass is 584 g/mol. The third-order valence-electron chi connectivity index (χ3n) is 7.68. The Kier molecular flexibility index (Phi) is 7.94. The van der Waals surface area contributed by atoms with E-state index in [-0.39, 0.29) is 24.0 Å². The molecule has 2 saturated heterocycles. The summed E-state index contributed by atoms with van der Waals surface area (Å²) in [6.45, 7) is 8.37. The van der Waals surface area contributed by atoms with E-state index in [1.165, 1.54) is 11.3 Å². The summed E-state index contributed by atoms with van der Waals surface area (Å²) in [5.74, 6) is -0.0699. The minimum Gasteiger partial charge on any atom is -0.492 e. The van der Waals surface area contributed by atoms with Crippen molar-refractivity contribution in [3.05, 3.63) is 50.4 Å². The molecule has 4 aliphatic rings. The van der Waals surface area contributed by atoms with Crippen LogP contribution >= 0.6 is 22.9 Å². The van der Waals surface area contributed by atoms with Crippen molar-refractivity contribution >= 4 is 46.2 Å². The number of nitrogens with zero attached hydrogens (tertiary/aromatic N) is 4. The first-order valence-corrected chi connectivity index (χ1v) is 15.1. The van der Waals surface area contributed by atoms with Gasteiger partial charge in [-0.3, -0.25) is 9.59 Å². The molecule has 1 unspecified atom stereocenters. The Hall–Kier alpha value is -2.79. The van der Waals surface area contributed by atoms with Crippen molar-refractivity contribution in [1.82, 2.24) is 9.88 Å². The van der Waals surface area contributed by atoms with E-state index in [4.69, 9.17) is 30.8 Å². The highest BCUT2D eigenvalue weighted by Crippen LogP contribution is 2.38. The lowest BCUT2D eigenvalue weighted by molar-refractivity contribution is -0.141. The molecule has 6 rings (SSSR count). The van der Waals surface area contributed by atoms with Crippen LogP contribution in [0.4, 0.5) is 5.69 Å². The summed E-state index contributed by atoms with van der Waals surface area (Å²) in [6.07, 6.45) is 5.86. The Morgan fingerprint density at radius 2 is 2.12 bits per heavy atom. The second-order valence-corrected chi connectivity index (χ2v) is 12.0. The van der Waals surface area contributed by atoms with Gasteiger partial charge in [-0.2, -0.15) is 0 Å². The molecule has 0 aliphatic carbocycles. The van der Waals surface area contributed by atoms with Gasteiger partial charge in [0, 0.05) is 49.2 Å². The highest BCUT2D eigenvalue weighted by Gasteiger charge is 2.33. The number of aliphatic imine (C=N–C) groups is 1. The molecular formula is C29H33ClN4O5S. The van der Waals surface area contributed by atoms with Crippen LogP contribution in [-0.4, -0.2) is 79.1 Å². The van der Waals surface area contributed by atoms with Gasteiger partial charge in [-0.25, -0.2) is 9.98 Å². The van der Waals surface area contributed by atoms with Crippen LogP contribution in [-0.2, 0) is 32.0 Å². The summed E-state index contributed by atoms with van der Waals surface area (Å²) >= 11 is 8.18. The maximum atomic E-state index is 13.3. The van der Waals surface area contributed by atoms with Gasteiger partial charge in [0.2, 0.25) is 0 Å². The van der Waals surface area contributed by atoms with Gasteiger partial charge in [0.1, 0.15) is 22.8 Å². The molecule has 0 spiro atoms. The SMILES string of the molecule is CCOc1cc(Cl)c(C2=NC(=O)C(c3nc4c(s3)CN(C(=O)[C@@H]3CCCO3)CC4)C=C2)cc1N1CCO[C@H](C)C1. The number of aromatic nitrogens is 1. The molecule has 1 aromatic heterocycles. The lowest BCUT2D eigenvalue weighted by Crippen LogP contribution is -2.41. The standard InChI is InChI=1S/C29H33ClN4O5S/c1-3-37-25-14-20(30)19(13-23(25)33-10-12-38-17(2)15-33)21-7-6-18(27(35)31-21)28-32-22-8-9-34(16-26(22)40-28)29(36)24-5-4-11-39-24/h6-7,13-14,17-18,24H,3-5,8-12,15-16H2,1-2H3/t17-,18?,24+/m1/s1. The van der Waals surface area contributed by atoms with E-state index in [0.717, 1.165) is 42.2 Å². The first-order valence-electron chi connectivity index (χ1n) is 13.9. The zero-order valence-electron chi connectivity index (χ0n) is 22.7. The van der Waals surface area contributed by atoms with Crippen molar-refractivity contribution in [3.8, 4) is 5.75 Å². The number of ether oxygens (including phenoxy) is 3. The fourth-order valence-corrected chi connectivity index (χ4v) is 7.09. The van der Waals surface area contributed by atoms with Crippen LogP contribution in [0.2, 0.25) is 5.02 Å². The van der Waals surface area contributed by atoms with E-state index in [2.05, 4.69) is 9.89 Å². The first kappa shape index (κ1) is 27.4. The lowest BCUT2D eigenvalue weighted by Gasteiger charge is -2.34. The predicted octanol–water partition coefficient (Wildman–Crippen LogP) is 4.15. The van der Waals surface area contributed by atoms with Crippen LogP contribution in [0, 0.1) is 0 Å². The van der Waals surface area contributed by atoms with Crippen LogP contribution in [0.25, 0.3) is 0 Å². The summed E-state index contributed by atoms with van der Waals surface area (Å²) in [4.78, 5) is 40.5. The predicted molar refractivity (Wildman–Crippen MR) is 154 cm³/mol. The van der Waals surface area contributed by atoms with Crippen molar-refractivity contribution in [2.45, 2.75) is 57.8 Å². The quantitative estimate of drug-likeness (QED) is 0.503. The zero-order chi connectivity index (χ0) is 27.8. The number of carbonyl (C=O) groups is 2. The van der Waals surface area contributed by atoms with Crippen molar-refractivity contribution < 1.29 is 23.8 Å². The highest BCUT2D eigenvalue weighted by molar-refractivity contribution is 7.12. The maximum Gasteiger partial charge on any atom is 0.260 e. The van der Waals surface area contributed by atoms with Crippen LogP contribution in [0.1, 0.15) is 53.7 Å². The first-order chi connectivity index (χ1) is 19.4. The molecule has 0 radical (unpaired) electrons. The molecule has 11 heteroatoms. The molecule has 40 heavy (non-hydrogen) atoms. The Morgan fingerprint density at radius 3 is 2.88 bits per heavy atom. The third-order valence-corrected chi connectivity index (χ3v) is 9.16. The van der Waals surface area contributed by atoms with E-state index in [1.807, 2.05) is 37.0 Å². The van der Waals surface area contributed by atoms with Crippen molar-refractivity contribution in [2.24, 2.45) is 4.99 Å². The van der Waals surface area contributed by atoms with Crippen LogP contribution < -0.4 is 9.64 Å². The van der Waals surface area contributed by atoms with E-state index in [9.17, 15) is 9.59 Å². The summed E-state index contributed by atoms with van der Waals surface area (Å²) in [7, 11) is 0. The van der Waals surface area contributed by atoms with Gasteiger partial charge in [0.05, 0.1) is 48.0 Å². The van der Waals surface area contributed by atoms with Gasteiger partial charge in [-0.1, -0.05) is 17.7 Å². The van der Waals surface area contributed by atoms with Crippen LogP contribution in [0.15, 0.2) is 29.3 Å². The average Bonchev–Trinajstić information content (AvgIpc) is 3.63.